The van der Waals surface area contributed by atoms with Crippen LogP contribution in [0.4, 0.5) is 4.79 Å². The first-order valence-corrected chi connectivity index (χ1v) is 26.3. The number of piperidine rings is 4. The van der Waals surface area contributed by atoms with Gasteiger partial charge in [-0.2, -0.15) is 0 Å². The van der Waals surface area contributed by atoms with Crippen molar-refractivity contribution in [3.8, 4) is 0 Å². The summed E-state index contributed by atoms with van der Waals surface area (Å²) in [6.07, 6.45) is 22.1. The number of unbranched alkanes of at least 4 members (excludes halogenated alkanes) is 1. The van der Waals surface area contributed by atoms with E-state index in [1.807, 2.05) is 14.1 Å². The highest BCUT2D eigenvalue weighted by atomic mass is 32.2. The Kier molecular flexibility index (Phi) is 18.9. The molecule has 3 aliphatic carbocycles. The third-order valence-electron chi connectivity index (χ3n) is 16.6. The first-order chi connectivity index (χ1) is 29.8. The maximum absolute atomic E-state index is 13.3. The Hall–Kier alpha value is -2.22. The number of allylic oxidation sites excluding steroid dienone is 1. The molecule has 4 amide bonds. The Balaban J connectivity index is 0.000000182. The molecule has 0 radical (unpaired) electrons. The van der Waals surface area contributed by atoms with E-state index in [-0.39, 0.29) is 23.9 Å². The van der Waals surface area contributed by atoms with Crippen molar-refractivity contribution in [3.63, 3.8) is 0 Å². The highest BCUT2D eigenvalue weighted by molar-refractivity contribution is 7.94. The minimum Gasteiger partial charge on any atom is -0.386 e. The Morgan fingerprint density at radius 3 is 1.68 bits per heavy atom. The number of urea groups is 1. The fourth-order valence-corrected chi connectivity index (χ4v) is 13.4. The number of hydrogen-bond acceptors (Lipinski definition) is 9. The average molecular weight is 885 g/mol. The molecule has 14 unspecified atom stereocenters. The summed E-state index contributed by atoms with van der Waals surface area (Å²) < 4.78 is 4.99. The van der Waals surface area contributed by atoms with E-state index in [0.29, 0.717) is 83.6 Å². The van der Waals surface area contributed by atoms with Gasteiger partial charge in [0.05, 0.1) is 12.4 Å². The van der Waals surface area contributed by atoms with E-state index in [1.54, 1.807) is 12.0 Å². The van der Waals surface area contributed by atoms with Gasteiger partial charge < -0.3 is 46.3 Å². The predicted molar refractivity (Wildman–Crippen MR) is 253 cm³/mol. The van der Waals surface area contributed by atoms with Crippen molar-refractivity contribution in [3.05, 3.63) is 11.9 Å². The maximum atomic E-state index is 13.3. The van der Waals surface area contributed by atoms with Crippen LogP contribution in [0.25, 0.3) is 0 Å². The summed E-state index contributed by atoms with van der Waals surface area (Å²) in [5, 5.41) is 17.2. The molecule has 8 fully saturated rings. The van der Waals surface area contributed by atoms with Crippen molar-refractivity contribution < 1.29 is 18.6 Å². The standard InChI is InChI=1S/C23H40N4O2.C22H40N4O.C4H8OS/c1-14-8-9-18(26-23(29)25-17-6-4-5-7-17)12-19(14)20-11-16-13-24-15(2)10-21(16)27(3)22(20)28;1-5-6-7-21(23)25-17-9-8-14(2)18(12-17)19-11-16-13-24-15(3)10-20(16)26(4)22(19)27;1-2-4-6-5-3-1/h14-21,24H,4-13H2,1-3H3,(H2,25,26,29);7,14-20,24-25H,5-6,8-13,23H2,1-4H3;1-4H2/b;21-7+;. The lowest BCUT2D eigenvalue weighted by Crippen LogP contribution is -2.60. The number of hydrogen-bond donors (Lipinski definition) is 6. The Morgan fingerprint density at radius 2 is 1.23 bits per heavy atom. The Bertz CT molecular complexity index is 1450. The largest absolute Gasteiger partial charge is 0.386 e. The van der Waals surface area contributed by atoms with Gasteiger partial charge in [0.15, 0.2) is 0 Å². The second kappa shape index (κ2) is 23.8. The maximum Gasteiger partial charge on any atom is 0.315 e. The van der Waals surface area contributed by atoms with Gasteiger partial charge in [-0.1, -0.05) is 40.0 Å². The third-order valence-corrected chi connectivity index (χ3v) is 17.3. The number of nitrogens with two attached hydrogens (primary N) is 1. The topological polar surface area (TPSA) is 153 Å². The van der Waals surface area contributed by atoms with E-state index in [2.05, 4.69) is 77.1 Å². The first-order valence-electron chi connectivity index (χ1n) is 25.4. The van der Waals surface area contributed by atoms with E-state index in [1.165, 1.54) is 37.9 Å². The van der Waals surface area contributed by atoms with Crippen LogP contribution in [-0.4, -0.2) is 109 Å². The number of likely N-dealkylation sites (tertiary alicyclic amines) is 2. The van der Waals surface area contributed by atoms with Crippen molar-refractivity contribution >= 4 is 29.9 Å². The minimum absolute atomic E-state index is 0.00664. The molecule has 0 spiro atoms. The van der Waals surface area contributed by atoms with Crippen molar-refractivity contribution in [2.24, 2.45) is 53.1 Å². The van der Waals surface area contributed by atoms with Crippen LogP contribution < -0.4 is 32.3 Å². The molecule has 12 nitrogen and oxygen atoms in total. The number of fused-ring (bicyclic) bond motifs is 2. The van der Waals surface area contributed by atoms with Gasteiger partial charge in [-0.15, -0.1) is 0 Å². The molecular formula is C49H88N8O4S. The van der Waals surface area contributed by atoms with Crippen molar-refractivity contribution in [2.45, 2.75) is 192 Å². The van der Waals surface area contributed by atoms with E-state index in [4.69, 9.17) is 9.92 Å². The van der Waals surface area contributed by atoms with Gasteiger partial charge in [0.1, 0.15) is 0 Å². The van der Waals surface area contributed by atoms with Crippen LogP contribution in [0.2, 0.25) is 0 Å². The van der Waals surface area contributed by atoms with Crippen LogP contribution in [0.5, 0.6) is 0 Å². The number of nitrogens with one attached hydrogen (secondary N) is 5. The Labute approximate surface area is 380 Å². The molecule has 8 rings (SSSR count). The third kappa shape index (κ3) is 13.2. The lowest BCUT2D eigenvalue weighted by Gasteiger charge is -2.50. The van der Waals surface area contributed by atoms with Gasteiger partial charge >= 0.3 is 6.03 Å². The second-order valence-electron chi connectivity index (χ2n) is 21.2. The summed E-state index contributed by atoms with van der Waals surface area (Å²) in [6.45, 7) is 14.3. The summed E-state index contributed by atoms with van der Waals surface area (Å²) in [6, 6.07) is 2.75. The monoisotopic (exact) mass is 885 g/mol. The lowest BCUT2D eigenvalue weighted by atomic mass is 9.65. The molecular weight excluding hydrogens is 797 g/mol. The second-order valence-corrected chi connectivity index (χ2v) is 22.1. The average Bonchev–Trinajstić information content (AvgIpc) is 3.78. The summed E-state index contributed by atoms with van der Waals surface area (Å²) in [5.74, 6) is 6.16. The van der Waals surface area contributed by atoms with E-state index < -0.39 is 0 Å². The van der Waals surface area contributed by atoms with E-state index in [0.717, 1.165) is 109 Å². The number of carbonyl (C=O) groups is 3. The highest BCUT2D eigenvalue weighted by Crippen LogP contribution is 2.45. The van der Waals surface area contributed by atoms with Crippen LogP contribution in [-0.2, 0) is 13.8 Å². The predicted octanol–water partition coefficient (Wildman–Crippen LogP) is 7.15. The van der Waals surface area contributed by atoms with Gasteiger partial charge in [-0.05, 0) is 164 Å². The minimum atomic E-state index is -0.00664. The van der Waals surface area contributed by atoms with Gasteiger partial charge in [0, 0.05) is 87.1 Å². The van der Waals surface area contributed by atoms with Crippen molar-refractivity contribution in [1.29, 1.82) is 0 Å². The van der Waals surface area contributed by atoms with Crippen LogP contribution >= 0.6 is 12.0 Å². The molecule has 0 aromatic heterocycles. The fourth-order valence-electron chi connectivity index (χ4n) is 12.7. The molecule has 7 N–H and O–H groups in total. The zero-order chi connectivity index (χ0) is 44.3. The van der Waals surface area contributed by atoms with Gasteiger partial charge in [-0.25, -0.2) is 4.79 Å². The van der Waals surface area contributed by atoms with E-state index >= 15 is 0 Å². The Morgan fingerprint density at radius 1 is 0.710 bits per heavy atom. The number of nitrogens with zero attached hydrogens (tertiary/aromatic N) is 2. The summed E-state index contributed by atoms with van der Waals surface area (Å²) in [5.41, 5.74) is 6.17. The zero-order valence-electron chi connectivity index (χ0n) is 39.8. The van der Waals surface area contributed by atoms with Crippen molar-refractivity contribution in [2.75, 3.05) is 39.5 Å². The summed E-state index contributed by atoms with van der Waals surface area (Å²) in [7, 11) is 4.06. The quantitative estimate of drug-likeness (QED) is 0.140. The van der Waals surface area contributed by atoms with Crippen LogP contribution in [0.1, 0.15) is 150 Å². The molecule has 13 heteroatoms. The van der Waals surface area contributed by atoms with Gasteiger partial charge in [-0.3, -0.25) is 9.59 Å². The van der Waals surface area contributed by atoms with Crippen LogP contribution in [0, 0.1) is 47.3 Å². The molecule has 3 saturated carbocycles. The number of rotatable bonds is 8. The molecule has 62 heavy (non-hydrogen) atoms. The molecule has 0 aromatic carbocycles. The smallest absolute Gasteiger partial charge is 0.315 e. The number of carbonyl (C=O) groups excluding carboxylic acids is 3. The summed E-state index contributed by atoms with van der Waals surface area (Å²) in [4.78, 5) is 43.2. The normalized spacial score (nSPS) is 39.2. The summed E-state index contributed by atoms with van der Waals surface area (Å²) >= 11 is 1.59. The molecule has 5 aliphatic heterocycles. The molecule has 0 aromatic rings. The van der Waals surface area contributed by atoms with Gasteiger partial charge in [0.2, 0.25) is 11.8 Å². The highest BCUT2D eigenvalue weighted by Gasteiger charge is 2.49. The van der Waals surface area contributed by atoms with Gasteiger partial charge in [0.25, 0.3) is 0 Å². The lowest BCUT2D eigenvalue weighted by molar-refractivity contribution is -0.149. The number of amides is 4. The van der Waals surface area contributed by atoms with Crippen LogP contribution in [0.15, 0.2) is 11.9 Å². The zero-order valence-corrected chi connectivity index (χ0v) is 40.6. The molecule has 8 aliphatic rings. The molecule has 5 saturated heterocycles. The molecule has 5 heterocycles. The van der Waals surface area contributed by atoms with Crippen LogP contribution in [0.3, 0.4) is 0 Å². The fraction of sp³-hybridized carbons (Fsp3) is 0.898. The molecule has 0 bridgehead atoms. The molecule has 14 atom stereocenters. The first kappa shape index (κ1) is 49.2. The molecule has 354 valence electrons. The van der Waals surface area contributed by atoms with Crippen molar-refractivity contribution in [1.82, 2.24) is 36.4 Å². The van der Waals surface area contributed by atoms with E-state index in [9.17, 15) is 14.4 Å². The SMILES string of the molecule is C1CCSOC1.CC1CC2C(CN1)CC(C1CC(NC(=O)NC3CCCC3)CCC1C)C(=O)N2C.CCC/C=C(\N)NC1CCC(C)C(C2CC3CNC(C)CC3N(C)C2=O)C1.